The lowest BCUT2D eigenvalue weighted by Crippen LogP contribution is -2.05. The molecule has 162 valence electrons. The Kier molecular flexibility index (Phi) is 5.49. The number of hydrogen-bond acceptors (Lipinski definition) is 7. The Morgan fingerprint density at radius 3 is 2.45 bits per heavy atom. The summed E-state index contributed by atoms with van der Waals surface area (Å²) in [5, 5.41) is 17.4. The molecule has 3 aromatic carbocycles. The fourth-order valence-electron chi connectivity index (χ4n) is 3.33. The normalized spacial score (nSPS) is 11.2. The van der Waals surface area contributed by atoms with Crippen LogP contribution in [-0.2, 0) is 0 Å². The monoisotopic (exact) mass is 475 g/mol. The summed E-state index contributed by atoms with van der Waals surface area (Å²) in [6.45, 7) is 0. The van der Waals surface area contributed by atoms with Gasteiger partial charge in [-0.1, -0.05) is 35.5 Å². The fraction of sp³-hybridized carbons (Fsp3) is 0.0435. The van der Waals surface area contributed by atoms with Crippen LogP contribution in [0.1, 0.15) is 10.4 Å². The van der Waals surface area contributed by atoms with Gasteiger partial charge in [0.05, 0.1) is 16.2 Å². The Bertz CT molecular complexity index is 1520. The number of para-hydroxylation sites is 1. The molecule has 0 atom stereocenters. The molecule has 10 heteroatoms. The summed E-state index contributed by atoms with van der Waals surface area (Å²) < 4.78 is 1.61. The number of nitro groups is 1. The first-order valence-corrected chi connectivity index (χ1v) is 11.2. The van der Waals surface area contributed by atoms with Gasteiger partial charge in [-0.15, -0.1) is 5.10 Å². The lowest BCUT2D eigenvalue weighted by molar-refractivity contribution is -0.384. The van der Waals surface area contributed by atoms with Crippen LogP contribution in [0.2, 0.25) is 5.02 Å². The molecule has 0 fully saturated rings. The number of Topliss-reactive ketones (excluding diaryl/α,β-unsaturated/α-hetero) is 1. The highest BCUT2D eigenvalue weighted by Crippen LogP contribution is 2.27. The van der Waals surface area contributed by atoms with Crippen molar-refractivity contribution in [2.24, 2.45) is 0 Å². The summed E-state index contributed by atoms with van der Waals surface area (Å²) in [5.41, 5.74) is 2.52. The van der Waals surface area contributed by atoms with E-state index in [1.807, 2.05) is 24.3 Å². The van der Waals surface area contributed by atoms with Crippen LogP contribution in [0.4, 0.5) is 5.69 Å². The molecule has 2 aromatic heterocycles. The number of non-ortho nitro benzene ring substituents is 1. The van der Waals surface area contributed by atoms with Gasteiger partial charge in [0.2, 0.25) is 0 Å². The van der Waals surface area contributed by atoms with Crippen molar-refractivity contribution in [2.75, 3.05) is 5.75 Å². The minimum absolute atomic E-state index is 0.00779. The highest BCUT2D eigenvalue weighted by atomic mass is 35.5. The van der Waals surface area contributed by atoms with Crippen molar-refractivity contribution in [1.29, 1.82) is 0 Å². The van der Waals surface area contributed by atoms with Crippen molar-refractivity contribution in [3.05, 3.63) is 93.5 Å². The largest absolute Gasteiger partial charge is 0.293 e. The minimum Gasteiger partial charge on any atom is -0.293 e. The smallest absolute Gasteiger partial charge is 0.269 e. The van der Waals surface area contributed by atoms with E-state index >= 15 is 0 Å². The van der Waals surface area contributed by atoms with Crippen molar-refractivity contribution < 1.29 is 9.72 Å². The number of aromatic nitrogens is 4. The van der Waals surface area contributed by atoms with E-state index in [2.05, 4.69) is 15.1 Å². The van der Waals surface area contributed by atoms with Gasteiger partial charge in [0, 0.05) is 33.7 Å². The second-order valence-electron chi connectivity index (χ2n) is 7.11. The summed E-state index contributed by atoms with van der Waals surface area (Å²) in [7, 11) is 0. The van der Waals surface area contributed by atoms with Crippen LogP contribution in [0.15, 0.2) is 78.0 Å². The summed E-state index contributed by atoms with van der Waals surface area (Å²) >= 11 is 7.17. The van der Waals surface area contributed by atoms with E-state index in [9.17, 15) is 14.9 Å². The molecule has 0 spiro atoms. The molecule has 33 heavy (non-hydrogen) atoms. The van der Waals surface area contributed by atoms with Gasteiger partial charge in [-0.05, 0) is 48.5 Å². The number of benzene rings is 3. The number of fused-ring (bicyclic) bond motifs is 3. The first-order valence-electron chi connectivity index (χ1n) is 9.81. The molecule has 0 radical (unpaired) electrons. The zero-order chi connectivity index (χ0) is 22.9. The lowest BCUT2D eigenvalue weighted by atomic mass is 10.1. The van der Waals surface area contributed by atoms with E-state index in [0.717, 1.165) is 10.9 Å². The topological polar surface area (TPSA) is 103 Å². The Balaban J connectivity index is 1.54. The van der Waals surface area contributed by atoms with Gasteiger partial charge in [-0.2, -0.15) is 4.52 Å². The molecular weight excluding hydrogens is 462 g/mol. The zero-order valence-electron chi connectivity index (χ0n) is 16.9. The van der Waals surface area contributed by atoms with Crippen molar-refractivity contribution in [2.45, 2.75) is 5.16 Å². The number of nitro benzene ring substituents is 1. The molecule has 5 aromatic rings. The minimum atomic E-state index is -0.454. The quantitative estimate of drug-likeness (QED) is 0.105. The summed E-state index contributed by atoms with van der Waals surface area (Å²) in [6.07, 6.45) is 0. The van der Waals surface area contributed by atoms with Crippen LogP contribution in [0.3, 0.4) is 0 Å². The first-order chi connectivity index (χ1) is 16.0. The van der Waals surface area contributed by atoms with Gasteiger partial charge >= 0.3 is 0 Å². The average molecular weight is 476 g/mol. The maximum absolute atomic E-state index is 12.7. The number of halogens is 1. The summed E-state index contributed by atoms with van der Waals surface area (Å²) in [5.74, 6) is 0.513. The van der Waals surface area contributed by atoms with Gasteiger partial charge < -0.3 is 0 Å². The number of carbonyl (C=O) groups excluding carboxylic acids is 1. The summed E-state index contributed by atoms with van der Waals surface area (Å²) in [4.78, 5) is 32.5. The molecule has 0 saturated carbocycles. The number of thioether (sulfide) groups is 1. The van der Waals surface area contributed by atoms with Crippen molar-refractivity contribution in [3.63, 3.8) is 0 Å². The number of rotatable bonds is 6. The third-order valence-electron chi connectivity index (χ3n) is 4.98. The third kappa shape index (κ3) is 4.15. The van der Waals surface area contributed by atoms with Gasteiger partial charge in [0.15, 0.2) is 22.4 Å². The lowest BCUT2D eigenvalue weighted by Gasteiger charge is -2.06. The molecule has 0 unspecified atom stereocenters. The van der Waals surface area contributed by atoms with Gasteiger partial charge in [-0.25, -0.2) is 9.97 Å². The molecule has 0 aliphatic carbocycles. The first kappa shape index (κ1) is 21.0. The van der Waals surface area contributed by atoms with E-state index in [4.69, 9.17) is 11.6 Å². The van der Waals surface area contributed by atoms with Crippen molar-refractivity contribution in [1.82, 2.24) is 19.6 Å². The molecule has 8 nitrogen and oxygen atoms in total. The Morgan fingerprint density at radius 2 is 1.73 bits per heavy atom. The van der Waals surface area contributed by atoms with E-state index in [0.29, 0.717) is 32.8 Å². The second kappa shape index (κ2) is 8.61. The molecule has 0 N–H and O–H groups in total. The van der Waals surface area contributed by atoms with Crippen LogP contribution in [-0.4, -0.2) is 36.0 Å². The summed E-state index contributed by atoms with van der Waals surface area (Å²) in [6, 6.07) is 20.3. The van der Waals surface area contributed by atoms with E-state index in [1.165, 1.54) is 23.9 Å². The predicted octanol–water partition coefficient (Wildman–Crippen LogP) is 5.48. The number of carbonyl (C=O) groups is 1. The fourth-order valence-corrected chi connectivity index (χ4v) is 4.29. The Hall–Kier alpha value is -3.82. The van der Waals surface area contributed by atoms with Crippen LogP contribution in [0.5, 0.6) is 0 Å². The van der Waals surface area contributed by atoms with Crippen molar-refractivity contribution in [3.8, 4) is 11.4 Å². The highest BCUT2D eigenvalue weighted by molar-refractivity contribution is 7.99. The van der Waals surface area contributed by atoms with E-state index in [-0.39, 0.29) is 17.2 Å². The predicted molar refractivity (Wildman–Crippen MR) is 127 cm³/mol. The third-order valence-corrected chi connectivity index (χ3v) is 6.17. The maximum atomic E-state index is 12.7. The molecule has 2 heterocycles. The van der Waals surface area contributed by atoms with Crippen LogP contribution >= 0.6 is 23.4 Å². The SMILES string of the molecule is O=C(CSc1nc2ccccc2c2nc(-c3ccc([N+](=O)[O-])cc3)nn12)c1ccc(Cl)cc1. The molecule has 0 aliphatic rings. The molecule has 0 saturated heterocycles. The molecular formula is C23H14ClN5O3S. The second-order valence-corrected chi connectivity index (χ2v) is 8.48. The van der Waals surface area contributed by atoms with Crippen LogP contribution in [0, 0.1) is 10.1 Å². The van der Waals surface area contributed by atoms with Crippen molar-refractivity contribution >= 4 is 51.4 Å². The van der Waals surface area contributed by atoms with Crippen LogP contribution in [0.25, 0.3) is 27.9 Å². The maximum Gasteiger partial charge on any atom is 0.269 e. The number of nitrogens with zero attached hydrogens (tertiary/aromatic N) is 5. The Labute approximate surface area is 196 Å². The molecule has 5 rings (SSSR count). The van der Waals surface area contributed by atoms with Gasteiger partial charge in [0.25, 0.3) is 5.69 Å². The van der Waals surface area contributed by atoms with Gasteiger partial charge in [-0.3, -0.25) is 14.9 Å². The van der Waals surface area contributed by atoms with Crippen LogP contribution < -0.4 is 0 Å². The zero-order valence-corrected chi connectivity index (χ0v) is 18.5. The van der Waals surface area contributed by atoms with E-state index < -0.39 is 4.92 Å². The van der Waals surface area contributed by atoms with Gasteiger partial charge in [0.1, 0.15) is 0 Å². The molecule has 0 amide bonds. The average Bonchev–Trinajstić information content (AvgIpc) is 3.29. The number of ketones is 1. The van der Waals surface area contributed by atoms with E-state index in [1.54, 1.807) is 40.9 Å². The highest BCUT2D eigenvalue weighted by Gasteiger charge is 2.17. The molecule has 0 bridgehead atoms. The number of hydrogen-bond donors (Lipinski definition) is 0. The Morgan fingerprint density at radius 1 is 1.00 bits per heavy atom. The standard InChI is InChI=1S/C23H14ClN5O3S/c24-16-9-5-14(6-10-16)20(30)13-33-23-25-19-4-2-1-3-18(19)22-26-21(27-28(22)23)15-7-11-17(12-8-15)29(31)32/h1-12H,13H2. The molecule has 0 aliphatic heterocycles.